The molecule has 0 fully saturated rings. The molecule has 1 unspecified atom stereocenters. The van der Waals surface area contributed by atoms with E-state index in [9.17, 15) is 0 Å². The minimum absolute atomic E-state index is 0.146. The van der Waals surface area contributed by atoms with Gasteiger partial charge in [0.25, 0.3) is 0 Å². The van der Waals surface area contributed by atoms with Crippen LogP contribution >= 0.6 is 0 Å². The van der Waals surface area contributed by atoms with Crippen molar-refractivity contribution in [2.24, 2.45) is 0 Å². The van der Waals surface area contributed by atoms with Crippen LogP contribution < -0.4 is 10.4 Å². The summed E-state index contributed by atoms with van der Waals surface area (Å²) < 4.78 is 6.47. The van der Waals surface area contributed by atoms with Gasteiger partial charge < -0.3 is 4.42 Å². The van der Waals surface area contributed by atoms with E-state index in [1.54, 1.807) is 6.08 Å². The van der Waals surface area contributed by atoms with Crippen LogP contribution in [-0.2, 0) is 0 Å². The fraction of sp³-hybridized carbons (Fsp3) is 0.0488. The highest BCUT2D eigenvalue weighted by molar-refractivity contribution is 5.96. The zero-order chi connectivity index (χ0) is 30.3. The summed E-state index contributed by atoms with van der Waals surface area (Å²) in [6.07, 6.45) is 6.72. The molecule has 1 atom stereocenters. The van der Waals surface area contributed by atoms with E-state index >= 15 is 0 Å². The first-order valence-electron chi connectivity index (χ1n) is 15.1. The molecule has 0 saturated carbocycles. The second kappa shape index (κ2) is 11.0. The van der Waals surface area contributed by atoms with Crippen molar-refractivity contribution in [2.45, 2.75) is 12.3 Å². The number of fused-ring (bicyclic) bond motifs is 4. The van der Waals surface area contributed by atoms with Crippen molar-refractivity contribution in [1.82, 2.24) is 15.0 Å². The van der Waals surface area contributed by atoms with Crippen LogP contribution in [0.1, 0.15) is 35.1 Å². The summed E-state index contributed by atoms with van der Waals surface area (Å²) >= 11 is 0. The van der Waals surface area contributed by atoms with Crippen LogP contribution in [0.15, 0.2) is 132 Å². The molecule has 214 valence electrons. The Morgan fingerprint density at radius 1 is 0.689 bits per heavy atom. The molecule has 2 heterocycles. The molecule has 4 nitrogen and oxygen atoms in total. The van der Waals surface area contributed by atoms with Crippen molar-refractivity contribution in [1.29, 1.82) is 0 Å². The van der Waals surface area contributed by atoms with E-state index in [1.165, 1.54) is 5.57 Å². The molecule has 0 bridgehead atoms. The Labute approximate surface area is 261 Å². The number of rotatable bonds is 5. The van der Waals surface area contributed by atoms with Gasteiger partial charge in [0.2, 0.25) is 0 Å². The van der Waals surface area contributed by atoms with Gasteiger partial charge in [0.05, 0.1) is 5.92 Å². The van der Waals surface area contributed by atoms with Crippen LogP contribution in [0.5, 0.6) is 0 Å². The standard InChI is InChI=1S/C41H29N3O/c1-3-14-30-26(2)23-34(32-20-11-10-19-31(30)32)40-42-39(28-17-8-5-9-18-28)43-41(44-40)35-24-29(27-15-6-4-7-16-27)25-37-38(35)33-21-12-13-22-36(33)45-37/h3-23,25,35H,1-2,24H2/b30-14+. The van der Waals surface area contributed by atoms with Gasteiger partial charge in [-0.1, -0.05) is 128 Å². The Morgan fingerprint density at radius 3 is 2.09 bits per heavy atom. The van der Waals surface area contributed by atoms with Crippen LogP contribution in [0.3, 0.4) is 0 Å². The zero-order valence-electron chi connectivity index (χ0n) is 24.7. The van der Waals surface area contributed by atoms with Gasteiger partial charge in [0, 0.05) is 22.1 Å². The van der Waals surface area contributed by atoms with E-state index < -0.39 is 0 Å². The van der Waals surface area contributed by atoms with Crippen LogP contribution in [0.2, 0.25) is 0 Å². The van der Waals surface area contributed by atoms with E-state index in [4.69, 9.17) is 19.4 Å². The number of hydrogen-bond donors (Lipinski definition) is 0. The number of hydrogen-bond acceptors (Lipinski definition) is 4. The van der Waals surface area contributed by atoms with Crippen molar-refractivity contribution in [3.8, 4) is 22.8 Å². The van der Waals surface area contributed by atoms with Crippen molar-refractivity contribution in [3.63, 3.8) is 0 Å². The molecule has 8 rings (SSSR count). The highest BCUT2D eigenvalue weighted by atomic mass is 16.3. The molecule has 5 aromatic carbocycles. The zero-order valence-corrected chi connectivity index (χ0v) is 24.7. The van der Waals surface area contributed by atoms with E-state index in [0.717, 1.165) is 66.6 Å². The van der Waals surface area contributed by atoms with Gasteiger partial charge in [-0.25, -0.2) is 15.0 Å². The van der Waals surface area contributed by atoms with E-state index in [2.05, 4.69) is 79.9 Å². The lowest BCUT2D eigenvalue weighted by molar-refractivity contribution is 0.587. The Bertz CT molecular complexity index is 2390. The molecule has 0 radical (unpaired) electrons. The number of aromatic nitrogens is 3. The normalized spacial score (nSPS) is 14.8. The maximum absolute atomic E-state index is 6.47. The number of para-hydroxylation sites is 1. The number of benzene rings is 5. The molecule has 0 aliphatic heterocycles. The van der Waals surface area contributed by atoms with Crippen LogP contribution in [-0.4, -0.2) is 15.0 Å². The van der Waals surface area contributed by atoms with E-state index in [0.29, 0.717) is 17.5 Å². The maximum atomic E-state index is 6.47. The monoisotopic (exact) mass is 579 g/mol. The first kappa shape index (κ1) is 26.7. The van der Waals surface area contributed by atoms with Crippen molar-refractivity contribution >= 4 is 46.0 Å². The molecule has 45 heavy (non-hydrogen) atoms. The molecule has 4 heteroatoms. The second-order valence-electron chi connectivity index (χ2n) is 11.3. The molecule has 0 spiro atoms. The summed E-state index contributed by atoms with van der Waals surface area (Å²) in [4.78, 5) is 15.6. The van der Waals surface area contributed by atoms with E-state index in [-0.39, 0.29) is 5.92 Å². The minimum Gasteiger partial charge on any atom is -0.456 e. The molecule has 0 N–H and O–H groups in total. The van der Waals surface area contributed by atoms with Gasteiger partial charge in [0.15, 0.2) is 11.6 Å². The summed E-state index contributed by atoms with van der Waals surface area (Å²) in [5, 5.41) is 5.15. The van der Waals surface area contributed by atoms with Crippen molar-refractivity contribution in [2.75, 3.05) is 0 Å². The molecule has 7 aromatic rings. The van der Waals surface area contributed by atoms with Gasteiger partial charge in [0.1, 0.15) is 17.2 Å². The Morgan fingerprint density at radius 2 is 1.33 bits per heavy atom. The second-order valence-corrected chi connectivity index (χ2v) is 11.3. The summed E-state index contributed by atoms with van der Waals surface area (Å²) in [7, 11) is 0. The number of nitrogens with zero attached hydrogens (tertiary/aromatic N) is 3. The summed E-state index contributed by atoms with van der Waals surface area (Å²) in [5.41, 5.74) is 6.17. The van der Waals surface area contributed by atoms with Gasteiger partial charge in [-0.15, -0.1) is 0 Å². The maximum Gasteiger partial charge on any atom is 0.164 e. The Balaban J connectivity index is 1.41. The Kier molecular flexibility index (Phi) is 6.54. The fourth-order valence-electron chi connectivity index (χ4n) is 6.50. The average Bonchev–Trinajstić information content (AvgIpc) is 3.48. The highest BCUT2D eigenvalue weighted by Gasteiger charge is 2.32. The Hall–Kier alpha value is -5.87. The van der Waals surface area contributed by atoms with Crippen LogP contribution in [0.25, 0.3) is 68.8 Å². The lowest BCUT2D eigenvalue weighted by Crippen LogP contribution is -2.24. The van der Waals surface area contributed by atoms with Gasteiger partial charge >= 0.3 is 0 Å². The molecule has 0 amide bonds. The molecule has 1 aliphatic rings. The molecule has 1 aliphatic carbocycles. The van der Waals surface area contributed by atoms with Crippen LogP contribution in [0.4, 0.5) is 0 Å². The minimum atomic E-state index is -0.146. The quantitative estimate of drug-likeness (QED) is 0.205. The van der Waals surface area contributed by atoms with Crippen molar-refractivity contribution in [3.05, 3.63) is 161 Å². The third-order valence-electron chi connectivity index (χ3n) is 8.58. The first-order chi connectivity index (χ1) is 22.2. The largest absolute Gasteiger partial charge is 0.456 e. The number of furan rings is 1. The predicted octanol–water partition coefficient (Wildman–Crippen LogP) is 8.56. The lowest BCUT2D eigenvalue weighted by atomic mass is 9.82. The van der Waals surface area contributed by atoms with Gasteiger partial charge in [-0.3, -0.25) is 0 Å². The molecule has 0 saturated heterocycles. The topological polar surface area (TPSA) is 51.8 Å². The smallest absolute Gasteiger partial charge is 0.164 e. The summed E-state index contributed by atoms with van der Waals surface area (Å²) in [6, 6.07) is 39.3. The SMILES string of the molecule is C=C/C=c1\c(=C)cc(-c2nc(-c3ccccc3)nc(C3CC(c4ccccc4)=Cc4oc5ccccc5c43)n2)c2ccccc12. The summed E-state index contributed by atoms with van der Waals surface area (Å²) in [5.74, 6) is 2.67. The third kappa shape index (κ3) is 4.68. The lowest BCUT2D eigenvalue weighted by Gasteiger charge is -2.23. The number of allylic oxidation sites excluding steroid dienone is 2. The van der Waals surface area contributed by atoms with E-state index in [1.807, 2.05) is 60.7 Å². The molecule has 2 aromatic heterocycles. The molecular formula is C41H29N3O. The first-order valence-corrected chi connectivity index (χ1v) is 15.1. The average molecular weight is 580 g/mol. The summed E-state index contributed by atoms with van der Waals surface area (Å²) in [6.45, 7) is 8.33. The molecular weight excluding hydrogens is 550 g/mol. The van der Waals surface area contributed by atoms with Crippen molar-refractivity contribution < 1.29 is 4.42 Å². The third-order valence-corrected chi connectivity index (χ3v) is 8.58. The van der Waals surface area contributed by atoms with Gasteiger partial charge in [-0.2, -0.15) is 0 Å². The fourth-order valence-corrected chi connectivity index (χ4v) is 6.50. The highest BCUT2D eigenvalue weighted by Crippen LogP contribution is 2.45. The predicted molar refractivity (Wildman–Crippen MR) is 185 cm³/mol. The van der Waals surface area contributed by atoms with Gasteiger partial charge in [-0.05, 0) is 57.0 Å². The van der Waals surface area contributed by atoms with Crippen LogP contribution in [0, 0.1) is 0 Å².